The van der Waals surface area contributed by atoms with E-state index >= 15 is 0 Å². The molecule has 0 radical (unpaired) electrons. The SMILES string of the molecule is OC(CN1CCC(Oc2cccnc2)C1)c1ccccc1F. The molecular weight excluding hydrogens is 283 g/mol. The first kappa shape index (κ1) is 14.9. The van der Waals surface area contributed by atoms with Crippen molar-refractivity contribution in [1.82, 2.24) is 9.88 Å². The van der Waals surface area contributed by atoms with E-state index in [2.05, 4.69) is 9.88 Å². The average molecular weight is 302 g/mol. The molecule has 0 spiro atoms. The largest absolute Gasteiger partial charge is 0.487 e. The number of ether oxygens (including phenoxy) is 1. The molecule has 0 aliphatic carbocycles. The van der Waals surface area contributed by atoms with Crippen molar-refractivity contribution in [1.29, 1.82) is 0 Å². The van der Waals surface area contributed by atoms with E-state index in [1.165, 1.54) is 6.07 Å². The number of aliphatic hydroxyl groups is 1. The number of aliphatic hydroxyl groups excluding tert-OH is 1. The highest BCUT2D eigenvalue weighted by Gasteiger charge is 2.26. The van der Waals surface area contributed by atoms with Gasteiger partial charge in [0.2, 0.25) is 0 Å². The summed E-state index contributed by atoms with van der Waals surface area (Å²) in [6.07, 6.45) is 3.55. The molecule has 2 aromatic rings. The van der Waals surface area contributed by atoms with Crippen molar-refractivity contribution >= 4 is 0 Å². The van der Waals surface area contributed by atoms with Crippen LogP contribution in [0.25, 0.3) is 0 Å². The lowest BCUT2D eigenvalue weighted by atomic mass is 10.1. The molecule has 1 saturated heterocycles. The minimum Gasteiger partial charge on any atom is -0.487 e. The third-order valence-corrected chi connectivity index (χ3v) is 3.86. The molecule has 4 nitrogen and oxygen atoms in total. The topological polar surface area (TPSA) is 45.6 Å². The number of hydrogen-bond donors (Lipinski definition) is 1. The first-order chi connectivity index (χ1) is 10.7. The third kappa shape index (κ3) is 3.61. The average Bonchev–Trinajstić information content (AvgIpc) is 2.95. The Morgan fingerprint density at radius 2 is 2.18 bits per heavy atom. The molecule has 1 N–H and O–H groups in total. The molecule has 0 amide bonds. The minimum atomic E-state index is -0.821. The maximum atomic E-state index is 13.7. The van der Waals surface area contributed by atoms with Gasteiger partial charge in [-0.05, 0) is 24.6 Å². The Labute approximate surface area is 129 Å². The standard InChI is InChI=1S/C17H19FN2O2/c18-16-6-2-1-5-15(16)17(21)12-20-9-7-14(11-20)22-13-4-3-8-19-10-13/h1-6,8,10,14,17,21H,7,9,11-12H2. The minimum absolute atomic E-state index is 0.0806. The summed E-state index contributed by atoms with van der Waals surface area (Å²) in [6.45, 7) is 1.96. The van der Waals surface area contributed by atoms with Crippen LogP contribution in [-0.4, -0.2) is 40.7 Å². The number of likely N-dealkylation sites (tertiary alicyclic amines) is 1. The third-order valence-electron chi connectivity index (χ3n) is 3.86. The number of halogens is 1. The normalized spacial score (nSPS) is 20.0. The summed E-state index contributed by atoms with van der Waals surface area (Å²) in [6, 6.07) is 10.1. The quantitative estimate of drug-likeness (QED) is 0.921. The van der Waals surface area contributed by atoms with Gasteiger partial charge < -0.3 is 9.84 Å². The maximum Gasteiger partial charge on any atom is 0.138 e. The molecule has 1 aliphatic heterocycles. The van der Waals surface area contributed by atoms with Gasteiger partial charge in [-0.1, -0.05) is 18.2 Å². The molecular formula is C17H19FN2O2. The molecule has 116 valence electrons. The second-order valence-electron chi connectivity index (χ2n) is 5.51. The first-order valence-corrected chi connectivity index (χ1v) is 7.44. The van der Waals surface area contributed by atoms with E-state index < -0.39 is 6.10 Å². The van der Waals surface area contributed by atoms with Crippen LogP contribution in [0.5, 0.6) is 5.75 Å². The molecule has 2 atom stereocenters. The zero-order valence-corrected chi connectivity index (χ0v) is 12.2. The van der Waals surface area contributed by atoms with Gasteiger partial charge in [0.05, 0.1) is 12.3 Å². The molecule has 1 aromatic carbocycles. The molecule has 0 bridgehead atoms. The molecule has 1 aliphatic rings. The van der Waals surface area contributed by atoms with Gasteiger partial charge in [0.25, 0.3) is 0 Å². The zero-order valence-electron chi connectivity index (χ0n) is 12.2. The van der Waals surface area contributed by atoms with Crippen LogP contribution >= 0.6 is 0 Å². The van der Waals surface area contributed by atoms with E-state index in [1.807, 2.05) is 12.1 Å². The van der Waals surface area contributed by atoms with Crippen LogP contribution < -0.4 is 4.74 Å². The first-order valence-electron chi connectivity index (χ1n) is 7.44. The van der Waals surface area contributed by atoms with E-state index in [1.54, 1.807) is 30.6 Å². The van der Waals surface area contributed by atoms with Crippen LogP contribution in [-0.2, 0) is 0 Å². The van der Waals surface area contributed by atoms with E-state index in [0.29, 0.717) is 12.1 Å². The van der Waals surface area contributed by atoms with Crippen molar-refractivity contribution in [3.05, 3.63) is 60.2 Å². The number of aromatic nitrogens is 1. The Morgan fingerprint density at radius 1 is 1.32 bits per heavy atom. The summed E-state index contributed by atoms with van der Waals surface area (Å²) in [4.78, 5) is 6.12. The predicted molar refractivity (Wildman–Crippen MR) is 81.1 cm³/mol. The molecule has 2 unspecified atom stereocenters. The molecule has 5 heteroatoms. The number of benzene rings is 1. The highest BCUT2D eigenvalue weighted by Crippen LogP contribution is 2.22. The fourth-order valence-electron chi connectivity index (χ4n) is 2.76. The number of nitrogens with zero attached hydrogens (tertiary/aromatic N) is 2. The van der Waals surface area contributed by atoms with E-state index in [4.69, 9.17) is 4.74 Å². The lowest BCUT2D eigenvalue weighted by Gasteiger charge is -2.20. The molecule has 1 fully saturated rings. The van der Waals surface area contributed by atoms with Gasteiger partial charge in [0, 0.05) is 31.4 Å². The Hall–Kier alpha value is -1.98. The molecule has 0 saturated carbocycles. The smallest absolute Gasteiger partial charge is 0.138 e. The van der Waals surface area contributed by atoms with Gasteiger partial charge >= 0.3 is 0 Å². The van der Waals surface area contributed by atoms with Crippen LogP contribution in [0.1, 0.15) is 18.1 Å². The van der Waals surface area contributed by atoms with Gasteiger partial charge in [-0.25, -0.2) is 4.39 Å². The molecule has 3 rings (SSSR count). The number of β-amino-alcohol motifs (C(OH)–C–C–N with tert-alkyl or cyclic N) is 1. The Morgan fingerprint density at radius 3 is 2.95 bits per heavy atom. The number of rotatable bonds is 5. The maximum absolute atomic E-state index is 13.7. The van der Waals surface area contributed by atoms with Crippen molar-refractivity contribution in [2.75, 3.05) is 19.6 Å². The second kappa shape index (κ2) is 6.85. The monoisotopic (exact) mass is 302 g/mol. The van der Waals surface area contributed by atoms with Crippen LogP contribution in [0.4, 0.5) is 4.39 Å². The van der Waals surface area contributed by atoms with Crippen molar-refractivity contribution in [3.8, 4) is 5.75 Å². The van der Waals surface area contributed by atoms with Crippen LogP contribution in [0.15, 0.2) is 48.8 Å². The van der Waals surface area contributed by atoms with Crippen molar-refractivity contribution in [2.45, 2.75) is 18.6 Å². The predicted octanol–water partition coefficient (Wildman–Crippen LogP) is 2.41. The van der Waals surface area contributed by atoms with Gasteiger partial charge in [-0.15, -0.1) is 0 Å². The van der Waals surface area contributed by atoms with Crippen molar-refractivity contribution in [2.24, 2.45) is 0 Å². The van der Waals surface area contributed by atoms with E-state index in [0.717, 1.165) is 25.3 Å². The highest BCUT2D eigenvalue weighted by molar-refractivity contribution is 5.20. The Bertz CT molecular complexity index is 609. The summed E-state index contributed by atoms with van der Waals surface area (Å²) >= 11 is 0. The van der Waals surface area contributed by atoms with E-state index in [9.17, 15) is 9.50 Å². The van der Waals surface area contributed by atoms with Crippen LogP contribution in [0.3, 0.4) is 0 Å². The lowest BCUT2D eigenvalue weighted by Crippen LogP contribution is -2.29. The number of hydrogen-bond acceptors (Lipinski definition) is 4. The lowest BCUT2D eigenvalue weighted by molar-refractivity contribution is 0.114. The zero-order chi connectivity index (χ0) is 15.4. The summed E-state index contributed by atoms with van der Waals surface area (Å²) in [5.41, 5.74) is 0.346. The van der Waals surface area contributed by atoms with Crippen LogP contribution in [0, 0.1) is 5.82 Å². The van der Waals surface area contributed by atoms with Gasteiger partial charge in [0.15, 0.2) is 0 Å². The molecule has 2 heterocycles. The van der Waals surface area contributed by atoms with Gasteiger partial charge in [-0.2, -0.15) is 0 Å². The summed E-state index contributed by atoms with van der Waals surface area (Å²) in [5, 5.41) is 10.2. The second-order valence-corrected chi connectivity index (χ2v) is 5.51. The Kier molecular flexibility index (Phi) is 4.65. The highest BCUT2D eigenvalue weighted by atomic mass is 19.1. The Balaban J connectivity index is 1.54. The van der Waals surface area contributed by atoms with Crippen molar-refractivity contribution < 1.29 is 14.2 Å². The van der Waals surface area contributed by atoms with Gasteiger partial charge in [-0.3, -0.25) is 9.88 Å². The molecule has 22 heavy (non-hydrogen) atoms. The fraction of sp³-hybridized carbons (Fsp3) is 0.353. The van der Waals surface area contributed by atoms with Crippen molar-refractivity contribution in [3.63, 3.8) is 0 Å². The number of pyridine rings is 1. The fourth-order valence-corrected chi connectivity index (χ4v) is 2.76. The van der Waals surface area contributed by atoms with E-state index in [-0.39, 0.29) is 11.9 Å². The molecule has 1 aromatic heterocycles. The summed E-state index contributed by atoms with van der Waals surface area (Å²) < 4.78 is 19.5. The van der Waals surface area contributed by atoms with Gasteiger partial charge in [0.1, 0.15) is 17.7 Å². The summed E-state index contributed by atoms with van der Waals surface area (Å²) in [7, 11) is 0. The summed E-state index contributed by atoms with van der Waals surface area (Å²) in [5.74, 6) is 0.390. The van der Waals surface area contributed by atoms with Crippen LogP contribution in [0.2, 0.25) is 0 Å².